The fraction of sp³-hybridized carbons (Fsp3) is 0.333. The second kappa shape index (κ2) is 10.7. The van der Waals surface area contributed by atoms with Crippen molar-refractivity contribution in [3.63, 3.8) is 0 Å². The number of imidazole rings is 1. The molecule has 0 saturated heterocycles. The van der Waals surface area contributed by atoms with Gasteiger partial charge in [-0.3, -0.25) is 13.9 Å². The van der Waals surface area contributed by atoms with E-state index in [2.05, 4.69) is 34.8 Å². The van der Waals surface area contributed by atoms with E-state index < -0.39 is 25.7 Å². The molecule has 8 nitrogen and oxygen atoms in total. The SMILES string of the molecule is C[Si](C)(C)CCOCn1c(-c2nnc(CC(N)=O)n2-c2cccc(Cl)c2Cl)nc2cc(C(F)(F)F)ccc21. The Labute approximate surface area is 227 Å². The molecule has 14 heteroatoms. The summed E-state index contributed by atoms with van der Waals surface area (Å²) in [5, 5.41) is 8.75. The fourth-order valence-electron chi connectivity index (χ4n) is 3.79. The molecule has 2 aromatic carbocycles. The van der Waals surface area contributed by atoms with Gasteiger partial charge in [-0.25, -0.2) is 4.98 Å². The molecule has 0 saturated carbocycles. The topological polar surface area (TPSA) is 101 Å². The lowest BCUT2D eigenvalue weighted by molar-refractivity contribution is -0.137. The third-order valence-electron chi connectivity index (χ3n) is 5.73. The van der Waals surface area contributed by atoms with Crippen molar-refractivity contribution in [2.75, 3.05) is 6.61 Å². The zero-order valence-electron chi connectivity index (χ0n) is 20.8. The summed E-state index contributed by atoms with van der Waals surface area (Å²) >= 11 is 12.7. The molecule has 0 aliphatic heterocycles. The summed E-state index contributed by atoms with van der Waals surface area (Å²) in [6.45, 7) is 7.11. The van der Waals surface area contributed by atoms with Crippen LogP contribution in [0.4, 0.5) is 13.2 Å². The number of primary amides is 1. The number of hydrogen-bond acceptors (Lipinski definition) is 5. The molecule has 2 heterocycles. The summed E-state index contributed by atoms with van der Waals surface area (Å²) in [5.74, 6) is -0.206. The molecule has 0 bridgehead atoms. The number of nitrogens with zero attached hydrogens (tertiary/aromatic N) is 5. The number of carbonyl (C=O) groups excluding carboxylic acids is 1. The van der Waals surface area contributed by atoms with Gasteiger partial charge in [0.25, 0.3) is 0 Å². The average Bonchev–Trinajstić information content (AvgIpc) is 3.37. The van der Waals surface area contributed by atoms with Gasteiger partial charge in [0.1, 0.15) is 12.6 Å². The van der Waals surface area contributed by atoms with Gasteiger partial charge in [-0.15, -0.1) is 10.2 Å². The molecule has 0 aliphatic rings. The first kappa shape index (κ1) is 28.1. The molecule has 1 amide bonds. The van der Waals surface area contributed by atoms with E-state index in [1.807, 2.05) is 0 Å². The van der Waals surface area contributed by atoms with Crippen LogP contribution in [-0.2, 0) is 28.9 Å². The van der Waals surface area contributed by atoms with Crippen LogP contribution in [0.2, 0.25) is 35.7 Å². The highest BCUT2D eigenvalue weighted by molar-refractivity contribution is 6.76. The van der Waals surface area contributed by atoms with E-state index in [1.165, 1.54) is 10.6 Å². The number of fused-ring (bicyclic) bond motifs is 1. The lowest BCUT2D eigenvalue weighted by Crippen LogP contribution is -2.22. The quantitative estimate of drug-likeness (QED) is 0.193. The van der Waals surface area contributed by atoms with Crippen LogP contribution in [0.15, 0.2) is 36.4 Å². The summed E-state index contributed by atoms with van der Waals surface area (Å²) in [4.78, 5) is 16.3. The van der Waals surface area contributed by atoms with Crippen molar-refractivity contribution < 1.29 is 22.7 Å². The summed E-state index contributed by atoms with van der Waals surface area (Å²) in [7, 11) is -1.39. The van der Waals surface area contributed by atoms with Crippen LogP contribution in [0.5, 0.6) is 0 Å². The van der Waals surface area contributed by atoms with Gasteiger partial charge in [-0.2, -0.15) is 13.2 Å². The van der Waals surface area contributed by atoms with E-state index in [4.69, 9.17) is 33.7 Å². The summed E-state index contributed by atoms with van der Waals surface area (Å²) in [5.41, 5.74) is 5.44. The maximum Gasteiger partial charge on any atom is 0.416 e. The smallest absolute Gasteiger partial charge is 0.369 e. The molecule has 2 aromatic heterocycles. The van der Waals surface area contributed by atoms with Crippen molar-refractivity contribution >= 4 is 48.2 Å². The minimum Gasteiger partial charge on any atom is -0.369 e. The summed E-state index contributed by atoms with van der Waals surface area (Å²) in [6, 6.07) is 9.08. The van der Waals surface area contributed by atoms with Crippen LogP contribution < -0.4 is 5.73 Å². The number of aromatic nitrogens is 5. The van der Waals surface area contributed by atoms with Crippen LogP contribution in [0, 0.1) is 0 Å². The van der Waals surface area contributed by atoms with Crippen LogP contribution in [0.1, 0.15) is 11.4 Å². The first-order valence-corrected chi connectivity index (χ1v) is 16.0. The maximum absolute atomic E-state index is 13.4. The van der Waals surface area contributed by atoms with Crippen LogP contribution in [0.25, 0.3) is 28.4 Å². The molecule has 2 N–H and O–H groups in total. The first-order valence-electron chi connectivity index (χ1n) is 11.6. The van der Waals surface area contributed by atoms with Crippen LogP contribution in [-0.4, -0.2) is 44.9 Å². The van der Waals surface area contributed by atoms with Gasteiger partial charge >= 0.3 is 6.18 Å². The minimum absolute atomic E-state index is 0.00295. The number of rotatable bonds is 9. The second-order valence-corrected chi connectivity index (χ2v) is 16.3. The van der Waals surface area contributed by atoms with Crippen molar-refractivity contribution in [3.8, 4) is 17.3 Å². The molecule has 4 rings (SSSR count). The van der Waals surface area contributed by atoms with Gasteiger partial charge in [-0.1, -0.05) is 48.9 Å². The van der Waals surface area contributed by atoms with Gasteiger partial charge in [0.05, 0.1) is 38.8 Å². The van der Waals surface area contributed by atoms with E-state index >= 15 is 0 Å². The molecule has 0 atom stereocenters. The van der Waals surface area contributed by atoms with Crippen molar-refractivity contribution in [1.29, 1.82) is 0 Å². The second-order valence-electron chi connectivity index (χ2n) is 9.90. The zero-order chi connectivity index (χ0) is 27.8. The Balaban J connectivity index is 1.91. The standard InChI is InChI=1S/C24H25Cl2F3N6O2Si/c1-38(2,3)10-9-37-13-34-17-8-7-14(24(27,28)29)11-16(17)31-22(34)23-33-32-20(12-19(30)36)35(23)18-6-4-5-15(25)21(18)26/h4-8,11H,9-10,12-13H2,1-3H3,(H2,30,36). The number of carbonyl (C=O) groups is 1. The van der Waals surface area contributed by atoms with Gasteiger partial charge in [0.2, 0.25) is 11.7 Å². The Morgan fingerprint density at radius 2 is 1.84 bits per heavy atom. The van der Waals surface area contributed by atoms with Crippen molar-refractivity contribution in [1.82, 2.24) is 24.3 Å². The Morgan fingerprint density at radius 1 is 1.11 bits per heavy atom. The first-order chi connectivity index (χ1) is 17.8. The van der Waals surface area contributed by atoms with Crippen molar-refractivity contribution in [2.24, 2.45) is 5.73 Å². The Morgan fingerprint density at radius 3 is 2.50 bits per heavy atom. The minimum atomic E-state index is -4.55. The molecular weight excluding hydrogens is 560 g/mol. The number of hydrogen-bond donors (Lipinski definition) is 1. The maximum atomic E-state index is 13.4. The predicted molar refractivity (Wildman–Crippen MR) is 142 cm³/mol. The van der Waals surface area contributed by atoms with Gasteiger partial charge in [0.15, 0.2) is 5.82 Å². The van der Waals surface area contributed by atoms with Crippen LogP contribution >= 0.6 is 23.2 Å². The van der Waals surface area contributed by atoms with Gasteiger partial charge in [-0.05, 0) is 36.4 Å². The lowest BCUT2D eigenvalue weighted by Gasteiger charge is -2.17. The largest absolute Gasteiger partial charge is 0.416 e. The van der Waals surface area contributed by atoms with Gasteiger partial charge in [0, 0.05) is 14.7 Å². The summed E-state index contributed by atoms with van der Waals surface area (Å²) < 4.78 is 49.4. The number of amides is 1. The predicted octanol–water partition coefficient (Wildman–Crippen LogP) is 5.95. The average molecular weight is 585 g/mol. The molecule has 38 heavy (non-hydrogen) atoms. The molecular formula is C24H25Cl2F3N6O2Si. The number of benzene rings is 2. The highest BCUT2D eigenvalue weighted by Crippen LogP contribution is 2.35. The molecule has 202 valence electrons. The third kappa shape index (κ3) is 6.03. The van der Waals surface area contributed by atoms with Crippen molar-refractivity contribution in [2.45, 2.75) is 45.0 Å². The number of ether oxygens (including phenoxy) is 1. The third-order valence-corrected chi connectivity index (χ3v) is 8.24. The van der Waals surface area contributed by atoms with Gasteiger partial charge < -0.3 is 10.5 Å². The van der Waals surface area contributed by atoms with E-state index in [0.717, 1.165) is 18.2 Å². The highest BCUT2D eigenvalue weighted by atomic mass is 35.5. The van der Waals surface area contributed by atoms with Crippen LogP contribution in [0.3, 0.4) is 0 Å². The normalized spacial score (nSPS) is 12.4. The summed E-state index contributed by atoms with van der Waals surface area (Å²) in [6.07, 6.45) is -4.82. The fourth-order valence-corrected chi connectivity index (χ4v) is 4.93. The Kier molecular flexibility index (Phi) is 7.89. The molecule has 0 spiro atoms. The highest BCUT2D eigenvalue weighted by Gasteiger charge is 2.32. The van der Waals surface area contributed by atoms with E-state index in [1.54, 1.807) is 22.8 Å². The molecule has 0 aliphatic carbocycles. The lowest BCUT2D eigenvalue weighted by atomic mass is 10.2. The Hall–Kier alpha value is -2.93. The molecule has 0 fully saturated rings. The molecule has 4 aromatic rings. The van der Waals surface area contributed by atoms with E-state index in [-0.39, 0.29) is 46.2 Å². The van der Waals surface area contributed by atoms with E-state index in [0.29, 0.717) is 17.8 Å². The Bertz CT molecular complexity index is 1500. The molecule has 0 radical (unpaired) electrons. The number of halogens is 5. The zero-order valence-corrected chi connectivity index (χ0v) is 23.3. The molecule has 0 unspecified atom stereocenters. The van der Waals surface area contributed by atoms with E-state index in [9.17, 15) is 18.0 Å². The van der Waals surface area contributed by atoms with Crippen molar-refractivity contribution in [3.05, 3.63) is 57.8 Å². The number of alkyl halides is 3. The monoisotopic (exact) mass is 584 g/mol. The number of nitrogens with two attached hydrogens (primary N) is 1.